The van der Waals surface area contributed by atoms with Crippen molar-refractivity contribution < 1.29 is 4.79 Å². The molecule has 0 spiro atoms. The molecule has 0 saturated carbocycles. The van der Waals surface area contributed by atoms with Gasteiger partial charge in [0.2, 0.25) is 5.91 Å². The van der Waals surface area contributed by atoms with Crippen LogP contribution in [0.5, 0.6) is 0 Å². The van der Waals surface area contributed by atoms with Crippen LogP contribution in [-0.4, -0.2) is 29.9 Å². The number of hydrogen-bond donors (Lipinski definition) is 1. The molecule has 1 amide bonds. The third-order valence-electron chi connectivity index (χ3n) is 4.17. The Kier molecular flexibility index (Phi) is 4.78. The zero-order valence-corrected chi connectivity index (χ0v) is 11.0. The number of hydrogen-bond acceptors (Lipinski definition) is 2. The van der Waals surface area contributed by atoms with Gasteiger partial charge in [-0.25, -0.2) is 0 Å². The molecule has 0 radical (unpaired) electrons. The summed E-state index contributed by atoms with van der Waals surface area (Å²) in [4.78, 5) is 14.0. The number of nitrogens with zero attached hydrogens (tertiary/aromatic N) is 1. The summed E-state index contributed by atoms with van der Waals surface area (Å²) < 4.78 is 0. The second-order valence-corrected chi connectivity index (χ2v) is 5.11. The fraction of sp³-hybridized carbons (Fsp3) is 0.923. The van der Waals surface area contributed by atoms with Crippen LogP contribution in [0.4, 0.5) is 0 Å². The smallest absolute Gasteiger partial charge is 0.239 e. The van der Waals surface area contributed by atoms with Crippen molar-refractivity contribution in [2.24, 2.45) is 11.1 Å². The molecule has 0 bridgehead atoms. The minimum absolute atomic E-state index is 0.158. The van der Waals surface area contributed by atoms with Gasteiger partial charge < -0.3 is 10.6 Å². The average Bonchev–Trinajstić information content (AvgIpc) is 2.73. The monoisotopic (exact) mass is 226 g/mol. The Labute approximate surface area is 99.4 Å². The maximum Gasteiger partial charge on any atom is 0.239 e. The highest BCUT2D eigenvalue weighted by molar-refractivity contribution is 5.81. The fourth-order valence-electron chi connectivity index (χ4n) is 2.62. The standard InChI is InChI=1S/C13H26N2O/c1-4-7-11(14)12(16)15-9-8-13(5-2,6-3)10-15/h11H,4-10,14H2,1-3H3. The third kappa shape index (κ3) is 2.76. The van der Waals surface area contributed by atoms with E-state index in [0.29, 0.717) is 5.41 Å². The van der Waals surface area contributed by atoms with E-state index in [-0.39, 0.29) is 11.9 Å². The molecular formula is C13H26N2O. The van der Waals surface area contributed by atoms with E-state index in [9.17, 15) is 4.79 Å². The van der Waals surface area contributed by atoms with Crippen LogP contribution in [0.1, 0.15) is 52.9 Å². The lowest BCUT2D eigenvalue weighted by atomic mass is 9.82. The number of likely N-dealkylation sites (tertiary alicyclic amines) is 1. The van der Waals surface area contributed by atoms with Crippen molar-refractivity contribution in [3.05, 3.63) is 0 Å². The van der Waals surface area contributed by atoms with Gasteiger partial charge in [0, 0.05) is 13.1 Å². The van der Waals surface area contributed by atoms with E-state index in [1.165, 1.54) is 0 Å². The minimum atomic E-state index is -0.283. The van der Waals surface area contributed by atoms with E-state index in [1.807, 2.05) is 4.90 Å². The van der Waals surface area contributed by atoms with E-state index in [4.69, 9.17) is 5.73 Å². The maximum absolute atomic E-state index is 12.1. The molecule has 0 aliphatic carbocycles. The number of nitrogens with two attached hydrogens (primary N) is 1. The van der Waals surface area contributed by atoms with Crippen LogP contribution in [0.3, 0.4) is 0 Å². The first kappa shape index (κ1) is 13.5. The largest absolute Gasteiger partial charge is 0.341 e. The highest BCUT2D eigenvalue weighted by Crippen LogP contribution is 2.37. The lowest BCUT2D eigenvalue weighted by molar-refractivity contribution is -0.132. The first-order valence-electron chi connectivity index (χ1n) is 6.63. The highest BCUT2D eigenvalue weighted by Gasteiger charge is 2.37. The Morgan fingerprint density at radius 3 is 2.44 bits per heavy atom. The van der Waals surface area contributed by atoms with E-state index in [2.05, 4.69) is 20.8 Å². The van der Waals surface area contributed by atoms with Crippen LogP contribution in [-0.2, 0) is 4.79 Å². The molecule has 1 unspecified atom stereocenters. The number of carbonyl (C=O) groups is 1. The van der Waals surface area contributed by atoms with Gasteiger partial charge in [-0.1, -0.05) is 27.2 Å². The molecule has 0 aromatic heterocycles. The van der Waals surface area contributed by atoms with Crippen LogP contribution in [0.25, 0.3) is 0 Å². The molecule has 1 saturated heterocycles. The molecule has 1 fully saturated rings. The Morgan fingerprint density at radius 2 is 2.00 bits per heavy atom. The molecule has 1 heterocycles. The molecule has 1 aliphatic rings. The quantitative estimate of drug-likeness (QED) is 0.781. The normalized spacial score (nSPS) is 21.1. The Morgan fingerprint density at radius 1 is 1.38 bits per heavy atom. The Hall–Kier alpha value is -0.570. The predicted molar refractivity (Wildman–Crippen MR) is 67.1 cm³/mol. The van der Waals surface area contributed by atoms with Gasteiger partial charge >= 0.3 is 0 Å². The van der Waals surface area contributed by atoms with Crippen molar-refractivity contribution in [2.45, 2.75) is 58.9 Å². The van der Waals surface area contributed by atoms with Gasteiger partial charge in [0.15, 0.2) is 0 Å². The van der Waals surface area contributed by atoms with Gasteiger partial charge in [0.1, 0.15) is 0 Å². The third-order valence-corrected chi connectivity index (χ3v) is 4.17. The lowest BCUT2D eigenvalue weighted by Crippen LogP contribution is -2.43. The van der Waals surface area contributed by atoms with Crippen molar-refractivity contribution in [1.29, 1.82) is 0 Å². The zero-order chi connectivity index (χ0) is 12.2. The summed E-state index contributed by atoms with van der Waals surface area (Å²) in [5.41, 5.74) is 6.25. The summed E-state index contributed by atoms with van der Waals surface area (Å²) in [6.07, 6.45) is 5.26. The average molecular weight is 226 g/mol. The van der Waals surface area contributed by atoms with Gasteiger partial charge in [-0.3, -0.25) is 4.79 Å². The van der Waals surface area contributed by atoms with Crippen molar-refractivity contribution in [2.75, 3.05) is 13.1 Å². The van der Waals surface area contributed by atoms with Gasteiger partial charge in [0.05, 0.1) is 6.04 Å². The number of rotatable bonds is 5. The number of carbonyl (C=O) groups excluding carboxylic acids is 1. The van der Waals surface area contributed by atoms with Crippen LogP contribution in [0.15, 0.2) is 0 Å². The van der Waals surface area contributed by atoms with Crippen molar-refractivity contribution in [3.8, 4) is 0 Å². The van der Waals surface area contributed by atoms with E-state index in [0.717, 1.165) is 45.2 Å². The molecule has 1 rings (SSSR count). The maximum atomic E-state index is 12.1. The van der Waals surface area contributed by atoms with E-state index in [1.54, 1.807) is 0 Å². The summed E-state index contributed by atoms with van der Waals surface area (Å²) in [7, 11) is 0. The molecule has 3 nitrogen and oxygen atoms in total. The lowest BCUT2D eigenvalue weighted by Gasteiger charge is -2.27. The second-order valence-electron chi connectivity index (χ2n) is 5.11. The van der Waals surface area contributed by atoms with Gasteiger partial charge in [-0.15, -0.1) is 0 Å². The highest BCUT2D eigenvalue weighted by atomic mass is 16.2. The van der Waals surface area contributed by atoms with Crippen molar-refractivity contribution in [1.82, 2.24) is 4.90 Å². The van der Waals surface area contributed by atoms with E-state index < -0.39 is 0 Å². The van der Waals surface area contributed by atoms with Crippen LogP contribution in [0, 0.1) is 5.41 Å². The van der Waals surface area contributed by atoms with Crippen LogP contribution < -0.4 is 5.73 Å². The Bertz CT molecular complexity index is 236. The second kappa shape index (κ2) is 5.67. The predicted octanol–water partition coefficient (Wildman–Crippen LogP) is 2.15. The first-order chi connectivity index (χ1) is 7.58. The summed E-state index contributed by atoms with van der Waals surface area (Å²) in [5.74, 6) is 0.158. The fourth-order valence-corrected chi connectivity index (χ4v) is 2.62. The molecule has 2 N–H and O–H groups in total. The zero-order valence-electron chi connectivity index (χ0n) is 11.0. The molecule has 3 heteroatoms. The van der Waals surface area contributed by atoms with Crippen molar-refractivity contribution in [3.63, 3.8) is 0 Å². The Balaban J connectivity index is 2.55. The van der Waals surface area contributed by atoms with Gasteiger partial charge in [-0.2, -0.15) is 0 Å². The minimum Gasteiger partial charge on any atom is -0.341 e. The number of amides is 1. The summed E-state index contributed by atoms with van der Waals surface area (Å²) in [5, 5.41) is 0. The summed E-state index contributed by atoms with van der Waals surface area (Å²) >= 11 is 0. The van der Waals surface area contributed by atoms with Crippen LogP contribution >= 0.6 is 0 Å². The molecule has 1 aliphatic heterocycles. The van der Waals surface area contributed by atoms with Gasteiger partial charge in [-0.05, 0) is 31.1 Å². The molecular weight excluding hydrogens is 200 g/mol. The summed E-state index contributed by atoms with van der Waals surface area (Å²) in [6.45, 7) is 8.33. The molecule has 1 atom stereocenters. The molecule has 0 aromatic rings. The molecule has 0 aromatic carbocycles. The van der Waals surface area contributed by atoms with Crippen LogP contribution in [0.2, 0.25) is 0 Å². The first-order valence-corrected chi connectivity index (χ1v) is 6.63. The summed E-state index contributed by atoms with van der Waals surface area (Å²) in [6, 6.07) is -0.283. The molecule has 94 valence electrons. The van der Waals surface area contributed by atoms with Gasteiger partial charge in [0.25, 0.3) is 0 Å². The van der Waals surface area contributed by atoms with E-state index >= 15 is 0 Å². The molecule has 16 heavy (non-hydrogen) atoms. The SMILES string of the molecule is CCCC(N)C(=O)N1CCC(CC)(CC)C1. The topological polar surface area (TPSA) is 46.3 Å². The van der Waals surface area contributed by atoms with Crippen molar-refractivity contribution >= 4 is 5.91 Å².